The maximum Gasteiger partial charge on any atom is 0.331 e. The van der Waals surface area contributed by atoms with Gasteiger partial charge in [0.2, 0.25) is 0 Å². The number of hydrogen-bond donors (Lipinski definition) is 2. The highest BCUT2D eigenvalue weighted by atomic mass is 16.5. The summed E-state index contributed by atoms with van der Waals surface area (Å²) in [5.74, 6) is 0.494. The van der Waals surface area contributed by atoms with Crippen LogP contribution in [0.2, 0.25) is 0 Å². The van der Waals surface area contributed by atoms with E-state index >= 15 is 0 Å². The van der Waals surface area contributed by atoms with E-state index in [0.29, 0.717) is 0 Å². The highest BCUT2D eigenvalue weighted by molar-refractivity contribution is 5.93. The molecule has 1 aliphatic rings. The van der Waals surface area contributed by atoms with Gasteiger partial charge in [0.25, 0.3) is 0 Å². The lowest BCUT2D eigenvalue weighted by Gasteiger charge is -2.32. The zero-order valence-corrected chi connectivity index (χ0v) is 11.9. The number of nitrogens with one attached hydrogen (secondary N) is 2. The Morgan fingerprint density at radius 1 is 1.35 bits per heavy atom. The van der Waals surface area contributed by atoms with Crippen LogP contribution >= 0.6 is 0 Å². The Morgan fingerprint density at radius 3 is 2.85 bits per heavy atom. The Morgan fingerprint density at radius 2 is 2.15 bits per heavy atom. The molecule has 0 spiro atoms. The van der Waals surface area contributed by atoms with Crippen LogP contribution < -0.4 is 10.1 Å². The first kappa shape index (κ1) is 13.0. The monoisotopic (exact) mass is 274 g/mol. The SMILES string of the molecule is COC(=O)C1(C)NCCc2c1[nH]c1c(OC)cccc21. The molecule has 1 unspecified atom stereocenters. The average Bonchev–Trinajstić information content (AvgIpc) is 2.87. The van der Waals surface area contributed by atoms with Crippen molar-refractivity contribution in [3.63, 3.8) is 0 Å². The van der Waals surface area contributed by atoms with Crippen LogP contribution in [0.4, 0.5) is 0 Å². The highest BCUT2D eigenvalue weighted by Gasteiger charge is 2.42. The molecular weight excluding hydrogens is 256 g/mol. The van der Waals surface area contributed by atoms with Gasteiger partial charge in [0.1, 0.15) is 5.75 Å². The number of rotatable bonds is 2. The molecule has 20 heavy (non-hydrogen) atoms. The van der Waals surface area contributed by atoms with E-state index in [1.165, 1.54) is 7.11 Å². The van der Waals surface area contributed by atoms with Crippen molar-refractivity contribution in [2.45, 2.75) is 18.9 Å². The molecule has 5 nitrogen and oxygen atoms in total. The van der Waals surface area contributed by atoms with Gasteiger partial charge in [-0.1, -0.05) is 12.1 Å². The quantitative estimate of drug-likeness (QED) is 0.818. The smallest absolute Gasteiger partial charge is 0.331 e. The third-order valence-electron chi connectivity index (χ3n) is 4.07. The van der Waals surface area contributed by atoms with Crippen molar-refractivity contribution in [3.05, 3.63) is 29.5 Å². The minimum atomic E-state index is -0.841. The van der Waals surface area contributed by atoms with Crippen LogP contribution in [0.25, 0.3) is 10.9 Å². The van der Waals surface area contributed by atoms with Gasteiger partial charge in [-0.05, 0) is 25.0 Å². The van der Waals surface area contributed by atoms with Crippen molar-refractivity contribution in [1.82, 2.24) is 10.3 Å². The topological polar surface area (TPSA) is 63.3 Å². The molecule has 1 aliphatic heterocycles. The van der Waals surface area contributed by atoms with Crippen LogP contribution in [0.1, 0.15) is 18.2 Å². The Hall–Kier alpha value is -2.01. The predicted octanol–water partition coefficient (Wildman–Crippen LogP) is 1.71. The number of benzene rings is 1. The molecule has 0 amide bonds. The van der Waals surface area contributed by atoms with E-state index in [9.17, 15) is 4.79 Å². The molecule has 1 atom stereocenters. The van der Waals surface area contributed by atoms with E-state index in [0.717, 1.165) is 40.9 Å². The summed E-state index contributed by atoms with van der Waals surface area (Å²) in [5, 5.41) is 4.36. The second-order valence-electron chi connectivity index (χ2n) is 5.15. The van der Waals surface area contributed by atoms with Crippen molar-refractivity contribution in [2.75, 3.05) is 20.8 Å². The summed E-state index contributed by atoms with van der Waals surface area (Å²) in [6.45, 7) is 2.58. The van der Waals surface area contributed by atoms with Crippen LogP contribution in [-0.4, -0.2) is 31.7 Å². The maximum atomic E-state index is 12.1. The maximum absolute atomic E-state index is 12.1. The number of carbonyl (C=O) groups excluding carboxylic acids is 1. The summed E-state index contributed by atoms with van der Waals surface area (Å²) in [6.07, 6.45) is 0.870. The molecule has 106 valence electrons. The number of hydrogen-bond acceptors (Lipinski definition) is 4. The molecule has 2 N–H and O–H groups in total. The van der Waals surface area contributed by atoms with Crippen molar-refractivity contribution in [1.29, 1.82) is 0 Å². The van der Waals surface area contributed by atoms with Crippen LogP contribution in [0.3, 0.4) is 0 Å². The molecule has 0 saturated heterocycles. The van der Waals surface area contributed by atoms with Gasteiger partial charge in [0, 0.05) is 11.9 Å². The van der Waals surface area contributed by atoms with E-state index in [4.69, 9.17) is 9.47 Å². The second kappa shape index (κ2) is 4.52. The third-order valence-corrected chi connectivity index (χ3v) is 4.07. The molecule has 5 heteroatoms. The molecule has 2 heterocycles. The Labute approximate surface area is 117 Å². The largest absolute Gasteiger partial charge is 0.495 e. The summed E-state index contributed by atoms with van der Waals surface area (Å²) in [4.78, 5) is 15.5. The fourth-order valence-electron chi connectivity index (χ4n) is 3.01. The van der Waals surface area contributed by atoms with Gasteiger partial charge < -0.3 is 14.5 Å². The molecule has 0 aliphatic carbocycles. The summed E-state index contributed by atoms with van der Waals surface area (Å²) < 4.78 is 10.3. The second-order valence-corrected chi connectivity index (χ2v) is 5.15. The summed E-state index contributed by atoms with van der Waals surface area (Å²) in [6, 6.07) is 5.93. The van der Waals surface area contributed by atoms with Crippen LogP contribution in [-0.2, 0) is 21.5 Å². The minimum Gasteiger partial charge on any atom is -0.495 e. The molecule has 3 rings (SSSR count). The lowest BCUT2D eigenvalue weighted by molar-refractivity contribution is -0.148. The first-order valence-electron chi connectivity index (χ1n) is 6.63. The van der Waals surface area contributed by atoms with E-state index in [1.807, 2.05) is 19.1 Å². The van der Waals surface area contributed by atoms with E-state index in [1.54, 1.807) is 7.11 Å². The van der Waals surface area contributed by atoms with Crippen LogP contribution in [0.15, 0.2) is 18.2 Å². The molecule has 0 bridgehead atoms. The molecule has 1 aromatic heterocycles. The van der Waals surface area contributed by atoms with Crippen LogP contribution in [0, 0.1) is 0 Å². The lowest BCUT2D eigenvalue weighted by atomic mass is 9.88. The first-order valence-corrected chi connectivity index (χ1v) is 6.63. The Kier molecular flexibility index (Phi) is 2.94. The number of H-pyrrole nitrogens is 1. The normalized spacial score (nSPS) is 21.6. The minimum absolute atomic E-state index is 0.288. The summed E-state index contributed by atoms with van der Waals surface area (Å²) >= 11 is 0. The van der Waals surface area contributed by atoms with E-state index < -0.39 is 5.54 Å². The van der Waals surface area contributed by atoms with Gasteiger partial charge in [-0.3, -0.25) is 5.32 Å². The number of fused-ring (bicyclic) bond motifs is 3. The molecule has 0 saturated carbocycles. The van der Waals surface area contributed by atoms with Crippen molar-refractivity contribution in [3.8, 4) is 5.75 Å². The summed E-state index contributed by atoms with van der Waals surface area (Å²) in [5.41, 5.74) is 2.12. The van der Waals surface area contributed by atoms with Gasteiger partial charge in [-0.15, -0.1) is 0 Å². The fraction of sp³-hybridized carbons (Fsp3) is 0.400. The summed E-state index contributed by atoms with van der Waals surface area (Å²) in [7, 11) is 3.05. The molecule has 1 aromatic carbocycles. The van der Waals surface area contributed by atoms with Gasteiger partial charge >= 0.3 is 5.97 Å². The van der Waals surface area contributed by atoms with Crippen molar-refractivity contribution < 1.29 is 14.3 Å². The number of aromatic nitrogens is 1. The zero-order chi connectivity index (χ0) is 14.3. The number of para-hydroxylation sites is 1. The van der Waals surface area contributed by atoms with E-state index in [2.05, 4.69) is 16.4 Å². The Balaban J connectivity index is 2.27. The molecular formula is C15H18N2O3. The van der Waals surface area contributed by atoms with Gasteiger partial charge in [-0.25, -0.2) is 4.79 Å². The number of aromatic amines is 1. The number of ether oxygens (including phenoxy) is 2. The molecule has 0 radical (unpaired) electrons. The predicted molar refractivity (Wildman–Crippen MR) is 75.9 cm³/mol. The third kappa shape index (κ3) is 1.63. The number of esters is 1. The highest BCUT2D eigenvalue weighted by Crippen LogP contribution is 2.37. The van der Waals surface area contributed by atoms with Crippen LogP contribution in [0.5, 0.6) is 5.75 Å². The van der Waals surface area contributed by atoms with E-state index in [-0.39, 0.29) is 5.97 Å². The van der Waals surface area contributed by atoms with Gasteiger partial charge in [0.15, 0.2) is 5.54 Å². The van der Waals surface area contributed by atoms with Crippen molar-refractivity contribution >= 4 is 16.9 Å². The molecule has 0 fully saturated rings. The van der Waals surface area contributed by atoms with Crippen molar-refractivity contribution in [2.24, 2.45) is 0 Å². The Bertz CT molecular complexity index is 677. The standard InChI is InChI=1S/C15H18N2O3/c1-15(14(18)20-3)13-10(7-8-16-15)9-5-4-6-11(19-2)12(9)17-13/h4-6,16-17H,7-8H2,1-3H3. The lowest BCUT2D eigenvalue weighted by Crippen LogP contribution is -2.51. The first-order chi connectivity index (χ1) is 9.61. The average molecular weight is 274 g/mol. The molecule has 2 aromatic rings. The zero-order valence-electron chi connectivity index (χ0n) is 11.9. The number of carbonyl (C=O) groups is 1. The number of methoxy groups -OCH3 is 2. The van der Waals surface area contributed by atoms with Gasteiger partial charge in [0.05, 0.1) is 25.4 Å². The fourth-order valence-corrected chi connectivity index (χ4v) is 3.01. The van der Waals surface area contributed by atoms with Gasteiger partial charge in [-0.2, -0.15) is 0 Å².